The lowest BCUT2D eigenvalue weighted by atomic mass is 9.72. The fraction of sp³-hybridized carbons (Fsp3) is 0.292. The van der Waals surface area contributed by atoms with E-state index in [0.717, 1.165) is 30.5 Å². The molecule has 6 nitrogen and oxygen atoms in total. The van der Waals surface area contributed by atoms with Gasteiger partial charge in [-0.05, 0) is 24.5 Å². The number of rotatable bonds is 8. The summed E-state index contributed by atoms with van der Waals surface area (Å²) in [5.74, 6) is -1.84. The second kappa shape index (κ2) is 9.05. The van der Waals surface area contributed by atoms with Crippen molar-refractivity contribution < 1.29 is 14.7 Å². The molecule has 1 aromatic carbocycles. The minimum atomic E-state index is -1.82. The third-order valence-corrected chi connectivity index (χ3v) is 5.53. The highest BCUT2D eigenvalue weighted by molar-refractivity contribution is 6.14. The Kier molecular flexibility index (Phi) is 6.47. The maximum absolute atomic E-state index is 13.1. The molecule has 2 unspecified atom stereocenters. The number of aliphatic carboxylic acids is 1. The fourth-order valence-electron chi connectivity index (χ4n) is 3.69. The largest absolute Gasteiger partial charge is 0.480 e. The van der Waals surface area contributed by atoms with Crippen molar-refractivity contribution in [2.75, 3.05) is 0 Å². The minimum absolute atomic E-state index is 0.0707. The third-order valence-electron chi connectivity index (χ3n) is 5.53. The number of benzene rings is 1. The van der Waals surface area contributed by atoms with Crippen LogP contribution in [0.15, 0.2) is 71.6 Å². The van der Waals surface area contributed by atoms with Gasteiger partial charge in [0.15, 0.2) is 11.2 Å². The molecule has 156 valence electrons. The predicted octanol–water partition coefficient (Wildman–Crippen LogP) is 2.95. The average molecular weight is 406 g/mol. The molecule has 30 heavy (non-hydrogen) atoms. The first-order chi connectivity index (χ1) is 14.4. The van der Waals surface area contributed by atoms with Crippen LogP contribution in [0.2, 0.25) is 0 Å². The van der Waals surface area contributed by atoms with Crippen LogP contribution in [0.25, 0.3) is 0 Å². The summed E-state index contributed by atoms with van der Waals surface area (Å²) in [5.41, 5.74) is 6.18. The molecule has 0 bridgehead atoms. The number of carboxylic acids is 1. The third kappa shape index (κ3) is 4.04. The Morgan fingerprint density at radius 2 is 1.87 bits per heavy atom. The number of pyridine rings is 1. The van der Waals surface area contributed by atoms with Gasteiger partial charge in [-0.15, -0.1) is 0 Å². The van der Waals surface area contributed by atoms with Gasteiger partial charge < -0.3 is 15.4 Å². The molecule has 2 atom stereocenters. The summed E-state index contributed by atoms with van der Waals surface area (Å²) in [5, 5.41) is 9.75. The van der Waals surface area contributed by atoms with Crippen LogP contribution in [0.5, 0.6) is 0 Å². The smallest absolute Gasteiger partial charge is 0.323 e. The number of hydrogen-bond donors (Lipinski definition) is 2. The number of nitrogens with zero attached hydrogens (tertiary/aromatic N) is 1. The second-order valence-corrected chi connectivity index (χ2v) is 7.52. The van der Waals surface area contributed by atoms with E-state index in [-0.39, 0.29) is 11.1 Å². The van der Waals surface area contributed by atoms with Gasteiger partial charge in [0.1, 0.15) is 0 Å². The van der Waals surface area contributed by atoms with E-state index in [9.17, 15) is 19.5 Å². The van der Waals surface area contributed by atoms with Gasteiger partial charge in [0.2, 0.25) is 0 Å². The number of unbranched alkanes of at least 4 members (excludes halogenated alkanes) is 1. The molecular weight excluding hydrogens is 380 g/mol. The Bertz CT molecular complexity index is 1050. The predicted molar refractivity (Wildman–Crippen MR) is 116 cm³/mol. The number of hydrogen-bond acceptors (Lipinski definition) is 4. The van der Waals surface area contributed by atoms with E-state index >= 15 is 0 Å². The van der Waals surface area contributed by atoms with E-state index in [1.165, 1.54) is 24.3 Å². The second-order valence-electron chi connectivity index (χ2n) is 7.52. The maximum Gasteiger partial charge on any atom is 0.323 e. The molecule has 0 fully saturated rings. The minimum Gasteiger partial charge on any atom is -0.480 e. The molecule has 0 saturated heterocycles. The SMILES string of the molecule is CCCCc1cccc(=O)n1Cc1ccc(C(=O)C2(C(=O)O)C=CC=CC2N)cc1. The zero-order valence-electron chi connectivity index (χ0n) is 17.0. The fourth-order valence-corrected chi connectivity index (χ4v) is 3.69. The number of nitrogens with two attached hydrogens (primary N) is 1. The Labute approximate surface area is 175 Å². The molecule has 0 amide bonds. The Balaban J connectivity index is 1.87. The molecule has 1 heterocycles. The summed E-state index contributed by atoms with van der Waals surface area (Å²) >= 11 is 0. The lowest BCUT2D eigenvalue weighted by Crippen LogP contribution is -2.51. The monoisotopic (exact) mass is 406 g/mol. The van der Waals surface area contributed by atoms with E-state index < -0.39 is 23.2 Å². The van der Waals surface area contributed by atoms with Crippen molar-refractivity contribution in [3.05, 3.63) is 93.9 Å². The summed E-state index contributed by atoms with van der Waals surface area (Å²) in [4.78, 5) is 37.4. The highest BCUT2D eigenvalue weighted by atomic mass is 16.4. The number of aryl methyl sites for hydroxylation is 1. The number of carbonyl (C=O) groups excluding carboxylic acids is 1. The van der Waals surface area contributed by atoms with E-state index in [4.69, 9.17) is 5.73 Å². The van der Waals surface area contributed by atoms with Crippen LogP contribution in [0.1, 0.15) is 41.4 Å². The first kappa shape index (κ1) is 21.5. The highest BCUT2D eigenvalue weighted by Gasteiger charge is 2.49. The van der Waals surface area contributed by atoms with Crippen LogP contribution < -0.4 is 11.3 Å². The van der Waals surface area contributed by atoms with Gasteiger partial charge in [0.25, 0.3) is 5.56 Å². The van der Waals surface area contributed by atoms with Crippen molar-refractivity contribution in [1.82, 2.24) is 4.57 Å². The zero-order valence-corrected chi connectivity index (χ0v) is 17.0. The van der Waals surface area contributed by atoms with Crippen molar-refractivity contribution in [2.45, 2.75) is 38.8 Å². The summed E-state index contributed by atoms with van der Waals surface area (Å²) in [7, 11) is 0. The number of carboxylic acid groups (broad SMARTS) is 1. The summed E-state index contributed by atoms with van der Waals surface area (Å²) in [6, 6.07) is 11.0. The molecule has 3 N–H and O–H groups in total. The maximum atomic E-state index is 13.1. The van der Waals surface area contributed by atoms with Crippen molar-refractivity contribution in [3.63, 3.8) is 0 Å². The molecule has 2 aromatic rings. The number of Topliss-reactive ketones (excluding diaryl/α,β-unsaturated/α-hetero) is 1. The quantitative estimate of drug-likeness (QED) is 0.518. The summed E-state index contributed by atoms with van der Waals surface area (Å²) in [6.45, 7) is 2.49. The molecule has 1 aromatic heterocycles. The van der Waals surface area contributed by atoms with Crippen LogP contribution in [-0.2, 0) is 17.8 Å². The lowest BCUT2D eigenvalue weighted by Gasteiger charge is -2.30. The first-order valence-electron chi connectivity index (χ1n) is 10.1. The Morgan fingerprint density at radius 1 is 1.13 bits per heavy atom. The van der Waals surface area contributed by atoms with Crippen LogP contribution in [-0.4, -0.2) is 27.5 Å². The van der Waals surface area contributed by atoms with Crippen LogP contribution in [0, 0.1) is 5.41 Å². The first-order valence-corrected chi connectivity index (χ1v) is 10.1. The van der Waals surface area contributed by atoms with E-state index in [0.29, 0.717) is 6.54 Å². The number of aromatic nitrogens is 1. The van der Waals surface area contributed by atoms with Crippen LogP contribution in [0.3, 0.4) is 0 Å². The molecule has 6 heteroatoms. The standard InChI is InChI=1S/C24H26N2O4/c1-2-3-7-19-8-6-10-21(27)26(19)16-17-11-13-18(14-12-17)22(28)24(23(29)30)15-5-4-9-20(24)25/h4-6,8-15,20H,2-3,7,16,25H2,1H3,(H,29,30). The van der Waals surface area contributed by atoms with E-state index in [1.807, 2.05) is 6.07 Å². The van der Waals surface area contributed by atoms with Gasteiger partial charge in [-0.25, -0.2) is 0 Å². The molecule has 0 spiro atoms. The number of ketones is 1. The molecule has 3 rings (SSSR count). The molecule has 1 aliphatic rings. The molecular formula is C24H26N2O4. The van der Waals surface area contributed by atoms with Crippen molar-refractivity contribution in [1.29, 1.82) is 0 Å². The van der Waals surface area contributed by atoms with Crippen molar-refractivity contribution in [2.24, 2.45) is 11.1 Å². The molecule has 0 aliphatic heterocycles. The highest BCUT2D eigenvalue weighted by Crippen LogP contribution is 2.32. The van der Waals surface area contributed by atoms with Gasteiger partial charge in [-0.1, -0.05) is 68.0 Å². The Morgan fingerprint density at radius 3 is 2.50 bits per heavy atom. The summed E-state index contributed by atoms with van der Waals surface area (Å²) in [6.07, 6.45) is 8.88. The van der Waals surface area contributed by atoms with E-state index in [2.05, 4.69) is 6.92 Å². The lowest BCUT2D eigenvalue weighted by molar-refractivity contribution is -0.143. The molecule has 1 aliphatic carbocycles. The zero-order chi connectivity index (χ0) is 21.7. The van der Waals surface area contributed by atoms with Gasteiger partial charge >= 0.3 is 5.97 Å². The molecule has 0 radical (unpaired) electrons. The molecule has 0 saturated carbocycles. The van der Waals surface area contributed by atoms with Crippen molar-refractivity contribution in [3.8, 4) is 0 Å². The Hall–Kier alpha value is -3.25. The normalized spacial score (nSPS) is 20.3. The average Bonchev–Trinajstić information content (AvgIpc) is 2.74. The van der Waals surface area contributed by atoms with Crippen molar-refractivity contribution >= 4 is 11.8 Å². The van der Waals surface area contributed by atoms with Gasteiger partial charge in [0, 0.05) is 17.3 Å². The van der Waals surface area contributed by atoms with Crippen LogP contribution >= 0.6 is 0 Å². The van der Waals surface area contributed by atoms with Crippen LogP contribution in [0.4, 0.5) is 0 Å². The van der Waals surface area contributed by atoms with Gasteiger partial charge in [-0.3, -0.25) is 14.4 Å². The van der Waals surface area contributed by atoms with E-state index in [1.54, 1.807) is 41.0 Å². The van der Waals surface area contributed by atoms with Gasteiger partial charge in [-0.2, -0.15) is 0 Å². The van der Waals surface area contributed by atoms with Gasteiger partial charge in [0.05, 0.1) is 12.6 Å². The summed E-state index contributed by atoms with van der Waals surface area (Å²) < 4.78 is 1.73. The number of allylic oxidation sites excluding steroid dienone is 2. The number of carbonyl (C=O) groups is 2. The topological polar surface area (TPSA) is 102 Å².